The second-order valence-corrected chi connectivity index (χ2v) is 9.00. The highest BCUT2D eigenvalue weighted by atomic mass is 79.9. The van der Waals surface area contributed by atoms with Crippen LogP contribution in [-0.2, 0) is 20.9 Å². The van der Waals surface area contributed by atoms with Crippen LogP contribution in [0.15, 0.2) is 51.8 Å². The van der Waals surface area contributed by atoms with Gasteiger partial charge in [-0.1, -0.05) is 43.7 Å². The van der Waals surface area contributed by atoms with Crippen molar-refractivity contribution in [3.8, 4) is 11.5 Å². The SMILES string of the molecule is CCCCOC(=O)CN1C(=O)S/C(=C/c2cc(Br)c(OCc3ccccc3)c(OC)c2)C1=O. The number of imide groups is 1. The van der Waals surface area contributed by atoms with E-state index in [9.17, 15) is 14.4 Å². The Labute approximate surface area is 205 Å². The van der Waals surface area contributed by atoms with E-state index >= 15 is 0 Å². The number of unbranched alkanes of at least 4 members (excludes halogenated alkanes) is 1. The van der Waals surface area contributed by atoms with Gasteiger partial charge in [-0.3, -0.25) is 19.3 Å². The second kappa shape index (κ2) is 11.9. The summed E-state index contributed by atoms with van der Waals surface area (Å²) < 4.78 is 17.1. The molecule has 33 heavy (non-hydrogen) atoms. The lowest BCUT2D eigenvalue weighted by Crippen LogP contribution is -2.34. The Kier molecular flexibility index (Phi) is 8.96. The van der Waals surface area contributed by atoms with Crippen LogP contribution in [0.2, 0.25) is 0 Å². The lowest BCUT2D eigenvalue weighted by molar-refractivity contribution is -0.146. The van der Waals surface area contributed by atoms with Crippen LogP contribution in [0.1, 0.15) is 30.9 Å². The van der Waals surface area contributed by atoms with Crippen molar-refractivity contribution in [1.82, 2.24) is 4.90 Å². The molecule has 1 fully saturated rings. The van der Waals surface area contributed by atoms with Crippen LogP contribution >= 0.6 is 27.7 Å². The average molecular weight is 534 g/mol. The van der Waals surface area contributed by atoms with Crippen molar-refractivity contribution in [3.05, 3.63) is 63.0 Å². The normalized spacial score (nSPS) is 14.6. The van der Waals surface area contributed by atoms with Crippen molar-refractivity contribution < 1.29 is 28.6 Å². The number of ether oxygens (including phenoxy) is 3. The Hall–Kier alpha value is -2.78. The number of rotatable bonds is 10. The Morgan fingerprint density at radius 1 is 1.18 bits per heavy atom. The first-order valence-corrected chi connectivity index (χ1v) is 12.0. The van der Waals surface area contributed by atoms with Crippen LogP contribution in [0.3, 0.4) is 0 Å². The number of methoxy groups -OCH3 is 1. The number of esters is 1. The molecule has 0 spiro atoms. The maximum Gasteiger partial charge on any atom is 0.326 e. The molecule has 9 heteroatoms. The van der Waals surface area contributed by atoms with Crippen LogP contribution in [0.5, 0.6) is 11.5 Å². The van der Waals surface area contributed by atoms with Crippen molar-refractivity contribution in [3.63, 3.8) is 0 Å². The molecule has 2 aromatic rings. The zero-order valence-electron chi connectivity index (χ0n) is 18.3. The maximum atomic E-state index is 12.7. The number of hydrogen-bond donors (Lipinski definition) is 0. The number of hydrogen-bond acceptors (Lipinski definition) is 7. The summed E-state index contributed by atoms with van der Waals surface area (Å²) in [5.41, 5.74) is 1.65. The summed E-state index contributed by atoms with van der Waals surface area (Å²) in [6.45, 7) is 2.21. The van der Waals surface area contributed by atoms with Crippen LogP contribution in [-0.4, -0.2) is 42.3 Å². The van der Waals surface area contributed by atoms with Gasteiger partial charge in [0.15, 0.2) is 11.5 Å². The third-order valence-corrected chi connectivity index (χ3v) is 6.19. The highest BCUT2D eigenvalue weighted by Gasteiger charge is 2.36. The minimum absolute atomic E-state index is 0.216. The number of halogens is 1. The monoisotopic (exact) mass is 533 g/mol. The van der Waals surface area contributed by atoms with Crippen molar-refractivity contribution in [2.45, 2.75) is 26.4 Å². The van der Waals surface area contributed by atoms with E-state index < -0.39 is 23.7 Å². The summed E-state index contributed by atoms with van der Waals surface area (Å²) >= 11 is 4.28. The fourth-order valence-electron chi connectivity index (χ4n) is 2.99. The molecule has 3 rings (SSSR count). The molecular weight excluding hydrogens is 510 g/mol. The van der Waals surface area contributed by atoms with Gasteiger partial charge in [0.25, 0.3) is 11.1 Å². The Morgan fingerprint density at radius 3 is 2.64 bits per heavy atom. The third-order valence-electron chi connectivity index (χ3n) is 4.70. The zero-order valence-corrected chi connectivity index (χ0v) is 20.7. The Morgan fingerprint density at radius 2 is 1.94 bits per heavy atom. The zero-order chi connectivity index (χ0) is 23.8. The van der Waals surface area contributed by atoms with Gasteiger partial charge >= 0.3 is 5.97 Å². The molecule has 0 unspecified atom stereocenters. The van der Waals surface area contributed by atoms with E-state index in [2.05, 4.69) is 15.9 Å². The largest absolute Gasteiger partial charge is 0.493 e. The van der Waals surface area contributed by atoms with Gasteiger partial charge in [0.05, 0.1) is 23.1 Å². The maximum absolute atomic E-state index is 12.7. The highest BCUT2D eigenvalue weighted by Crippen LogP contribution is 2.39. The standard InChI is InChI=1S/C24H24BrNO6S/c1-3-4-10-31-21(27)14-26-23(28)20(33-24(26)29)13-17-11-18(25)22(19(12-17)30-2)32-15-16-8-6-5-7-9-16/h5-9,11-13H,3-4,10,14-15H2,1-2H3/b20-13+. The summed E-state index contributed by atoms with van der Waals surface area (Å²) in [4.78, 5) is 38.0. The molecular formula is C24H24BrNO6S. The van der Waals surface area contributed by atoms with E-state index in [0.717, 1.165) is 35.1 Å². The minimum Gasteiger partial charge on any atom is -0.493 e. The predicted octanol–water partition coefficient (Wildman–Crippen LogP) is 5.42. The molecule has 0 saturated carbocycles. The van der Waals surface area contributed by atoms with Crippen molar-refractivity contribution in [2.24, 2.45) is 0 Å². The molecule has 174 valence electrons. The number of thioether (sulfide) groups is 1. The first-order chi connectivity index (χ1) is 15.9. The molecule has 0 bridgehead atoms. The number of nitrogens with zero attached hydrogens (tertiary/aromatic N) is 1. The molecule has 1 aliphatic rings. The van der Waals surface area contributed by atoms with Gasteiger partial charge in [0.1, 0.15) is 13.2 Å². The van der Waals surface area contributed by atoms with E-state index in [4.69, 9.17) is 14.2 Å². The fourth-order valence-corrected chi connectivity index (χ4v) is 4.40. The van der Waals surface area contributed by atoms with Crippen molar-refractivity contribution in [1.29, 1.82) is 0 Å². The molecule has 0 N–H and O–H groups in total. The van der Waals surface area contributed by atoms with E-state index in [1.807, 2.05) is 37.3 Å². The van der Waals surface area contributed by atoms with Gasteiger partial charge in [-0.05, 0) is 63.4 Å². The Balaban J connectivity index is 1.73. The molecule has 1 saturated heterocycles. The van der Waals surface area contributed by atoms with Crippen LogP contribution in [0.25, 0.3) is 6.08 Å². The first kappa shape index (κ1) is 24.9. The topological polar surface area (TPSA) is 82.1 Å². The van der Waals surface area contributed by atoms with Gasteiger partial charge < -0.3 is 14.2 Å². The van der Waals surface area contributed by atoms with Crippen LogP contribution < -0.4 is 9.47 Å². The molecule has 2 aromatic carbocycles. The van der Waals surface area contributed by atoms with E-state index in [1.165, 1.54) is 7.11 Å². The summed E-state index contributed by atoms with van der Waals surface area (Å²) in [6, 6.07) is 13.2. The molecule has 0 radical (unpaired) electrons. The molecule has 1 aliphatic heterocycles. The first-order valence-electron chi connectivity index (χ1n) is 10.4. The quantitative estimate of drug-likeness (QED) is 0.229. The number of amides is 2. The second-order valence-electron chi connectivity index (χ2n) is 7.15. The summed E-state index contributed by atoms with van der Waals surface area (Å²) in [5, 5.41) is -0.507. The average Bonchev–Trinajstić information content (AvgIpc) is 3.06. The van der Waals surface area contributed by atoms with Crippen LogP contribution in [0.4, 0.5) is 4.79 Å². The molecule has 7 nitrogen and oxygen atoms in total. The Bertz CT molecular complexity index is 1060. The summed E-state index contributed by atoms with van der Waals surface area (Å²) in [7, 11) is 1.53. The van der Waals surface area contributed by atoms with E-state index in [-0.39, 0.29) is 11.5 Å². The van der Waals surface area contributed by atoms with Gasteiger partial charge in [-0.25, -0.2) is 0 Å². The van der Waals surface area contributed by atoms with Crippen molar-refractivity contribution in [2.75, 3.05) is 20.3 Å². The minimum atomic E-state index is -0.601. The molecule has 0 aromatic heterocycles. The van der Waals surface area contributed by atoms with Gasteiger partial charge in [0, 0.05) is 0 Å². The molecule has 0 atom stereocenters. The van der Waals surface area contributed by atoms with Gasteiger partial charge in [-0.2, -0.15) is 0 Å². The van der Waals surface area contributed by atoms with Gasteiger partial charge in [0.2, 0.25) is 0 Å². The predicted molar refractivity (Wildman–Crippen MR) is 130 cm³/mol. The fraction of sp³-hybridized carbons (Fsp3) is 0.292. The van der Waals surface area contributed by atoms with E-state index in [0.29, 0.717) is 28.1 Å². The molecule has 2 amide bonds. The number of carbonyl (C=O) groups is 3. The van der Waals surface area contributed by atoms with E-state index in [1.54, 1.807) is 18.2 Å². The van der Waals surface area contributed by atoms with Crippen molar-refractivity contribution >= 4 is 50.9 Å². The lowest BCUT2D eigenvalue weighted by Gasteiger charge is -2.14. The number of benzene rings is 2. The lowest BCUT2D eigenvalue weighted by atomic mass is 10.1. The van der Waals surface area contributed by atoms with Crippen LogP contribution in [0, 0.1) is 0 Å². The van der Waals surface area contributed by atoms with Gasteiger partial charge in [-0.15, -0.1) is 0 Å². The third kappa shape index (κ3) is 6.61. The molecule has 0 aliphatic carbocycles. The smallest absolute Gasteiger partial charge is 0.326 e. The highest BCUT2D eigenvalue weighted by molar-refractivity contribution is 9.10. The summed E-state index contributed by atoms with van der Waals surface area (Å²) in [6.07, 6.45) is 3.20. The molecule has 1 heterocycles. The number of carbonyl (C=O) groups excluding carboxylic acids is 3. The summed E-state index contributed by atoms with van der Waals surface area (Å²) in [5.74, 6) is -0.125.